The van der Waals surface area contributed by atoms with Crippen LogP contribution in [-0.2, 0) is 24.3 Å². The van der Waals surface area contributed by atoms with E-state index in [1.54, 1.807) is 20.4 Å². The summed E-state index contributed by atoms with van der Waals surface area (Å²) in [5.74, 6) is 1.48. The van der Waals surface area contributed by atoms with Gasteiger partial charge in [0.1, 0.15) is 5.75 Å². The summed E-state index contributed by atoms with van der Waals surface area (Å²) in [7, 11) is 3.28. The Labute approximate surface area is 161 Å². The molecule has 137 valence electrons. The minimum Gasteiger partial charge on any atom is -0.540 e. The molecule has 0 aliphatic carbocycles. The maximum Gasteiger partial charge on any atom is 0.155 e. The summed E-state index contributed by atoms with van der Waals surface area (Å²) in [6.45, 7) is 4.85. The van der Waals surface area contributed by atoms with Crippen LogP contribution in [0.4, 0.5) is 0 Å². The molecule has 1 radical (unpaired) electrons. The molecule has 0 aliphatic rings. The number of aliphatic hydroxyl groups excluding tert-OH is 1. The van der Waals surface area contributed by atoms with Crippen molar-refractivity contribution in [3.8, 4) is 22.8 Å². The molecule has 6 heteroatoms. The number of aromatic nitrogens is 1. The average molecular weight is 431 g/mol. The molecule has 5 nitrogen and oxygen atoms in total. The molecule has 2 rings (SSSR count). The Hall–Kier alpha value is -2.20. The number of allylic oxidation sites excluding steroid dienone is 2. The maximum atomic E-state index is 10.0. The molecule has 25 heavy (non-hydrogen) atoms. The molecule has 0 saturated carbocycles. The van der Waals surface area contributed by atoms with Crippen molar-refractivity contribution < 1.29 is 38.9 Å². The van der Waals surface area contributed by atoms with Crippen LogP contribution in [0.3, 0.4) is 0 Å². The van der Waals surface area contributed by atoms with Crippen molar-refractivity contribution in [3.05, 3.63) is 53.9 Å². The second kappa shape index (κ2) is 11.4. The zero-order valence-corrected chi connectivity index (χ0v) is 16.6. The molecule has 0 spiro atoms. The fourth-order valence-electron chi connectivity index (χ4n) is 1.91. The third kappa shape index (κ3) is 7.95. The number of hydrogen-bond donors (Lipinski definition) is 1. The summed E-state index contributed by atoms with van der Waals surface area (Å²) in [5, 5.41) is 8.36. The van der Waals surface area contributed by atoms with Crippen LogP contribution in [0.5, 0.6) is 11.5 Å². The largest absolute Gasteiger partial charge is 0.540 e. The summed E-state index contributed by atoms with van der Waals surface area (Å²) >= 11 is 0. The van der Waals surface area contributed by atoms with Crippen molar-refractivity contribution >= 4 is 5.78 Å². The fourth-order valence-corrected chi connectivity index (χ4v) is 1.91. The minimum atomic E-state index is -0.125. The minimum absolute atomic E-state index is 0. The van der Waals surface area contributed by atoms with Gasteiger partial charge >= 0.3 is 0 Å². The van der Waals surface area contributed by atoms with Crippen molar-refractivity contribution in [1.29, 1.82) is 0 Å². The first-order valence-corrected chi connectivity index (χ1v) is 7.32. The first kappa shape index (κ1) is 22.8. The van der Waals surface area contributed by atoms with Gasteiger partial charge in [0, 0.05) is 37.5 Å². The second-order valence-electron chi connectivity index (χ2n) is 5.10. The number of ketones is 1. The number of pyridine rings is 1. The second-order valence-corrected chi connectivity index (χ2v) is 5.10. The van der Waals surface area contributed by atoms with Gasteiger partial charge in [0.2, 0.25) is 0 Å². The van der Waals surface area contributed by atoms with Crippen LogP contribution in [0.1, 0.15) is 19.4 Å². The zero-order valence-electron chi connectivity index (χ0n) is 14.9. The molecular weight excluding hydrogens is 409 g/mol. The van der Waals surface area contributed by atoms with Gasteiger partial charge in [-0.15, -0.1) is 23.8 Å². The normalized spacial score (nSPS) is 10.0. The van der Waals surface area contributed by atoms with Crippen molar-refractivity contribution in [2.75, 3.05) is 14.2 Å². The fraction of sp³-hybridized carbons (Fsp3) is 0.263. The standard InChI is InChI=1S/C14H14NO2.C5H8O2.Rh/c1-10-4-5-12(14(8-10)17-3)13-9-11(16-2)6-7-15-13;1-4(6)3-5(2)7;/h4,6-9H,1-3H3;3,6H,1-2H3;/q-1;;/b;4-3-;. The summed E-state index contributed by atoms with van der Waals surface area (Å²) in [5.41, 5.74) is 2.74. The van der Waals surface area contributed by atoms with E-state index < -0.39 is 0 Å². The van der Waals surface area contributed by atoms with E-state index in [1.165, 1.54) is 19.9 Å². The third-order valence-corrected chi connectivity index (χ3v) is 2.90. The van der Waals surface area contributed by atoms with Gasteiger partial charge in [-0.05, 0) is 31.7 Å². The monoisotopic (exact) mass is 431 g/mol. The number of methoxy groups -OCH3 is 2. The predicted octanol–water partition coefficient (Wildman–Crippen LogP) is 3.91. The van der Waals surface area contributed by atoms with Gasteiger partial charge in [0.15, 0.2) is 5.78 Å². The molecule has 0 atom stereocenters. The molecule has 0 unspecified atom stereocenters. The molecule has 0 saturated heterocycles. The van der Waals surface area contributed by atoms with Crippen LogP contribution in [-0.4, -0.2) is 30.1 Å². The van der Waals surface area contributed by atoms with Gasteiger partial charge in [-0.2, -0.15) is 0 Å². The van der Waals surface area contributed by atoms with Gasteiger partial charge in [-0.1, -0.05) is 12.5 Å². The van der Waals surface area contributed by atoms with Gasteiger partial charge in [-0.25, -0.2) is 0 Å². The van der Waals surface area contributed by atoms with E-state index in [4.69, 9.17) is 14.6 Å². The Morgan fingerprint density at radius 3 is 2.40 bits per heavy atom. The maximum absolute atomic E-state index is 10.0. The van der Waals surface area contributed by atoms with Crippen molar-refractivity contribution in [2.24, 2.45) is 0 Å². The van der Waals surface area contributed by atoms with Crippen LogP contribution in [0.25, 0.3) is 11.3 Å². The topological polar surface area (TPSA) is 68.7 Å². The van der Waals surface area contributed by atoms with E-state index in [0.29, 0.717) is 0 Å². The van der Waals surface area contributed by atoms with Gasteiger partial charge in [0.05, 0.1) is 20.0 Å². The van der Waals surface area contributed by atoms with E-state index in [0.717, 1.165) is 28.3 Å². The van der Waals surface area contributed by atoms with E-state index in [2.05, 4.69) is 11.1 Å². The Morgan fingerprint density at radius 2 is 1.92 bits per heavy atom. The molecule has 1 N–H and O–H groups in total. The summed E-state index contributed by atoms with van der Waals surface area (Å²) in [4.78, 5) is 14.3. The smallest absolute Gasteiger partial charge is 0.155 e. The van der Waals surface area contributed by atoms with Crippen molar-refractivity contribution in [2.45, 2.75) is 20.8 Å². The summed E-state index contributed by atoms with van der Waals surface area (Å²) in [6.07, 6.45) is 2.88. The Kier molecular flexibility index (Phi) is 10.4. The van der Waals surface area contributed by atoms with Crippen LogP contribution in [0.2, 0.25) is 0 Å². The Morgan fingerprint density at radius 1 is 1.24 bits per heavy atom. The number of nitrogens with zero attached hydrogens (tertiary/aromatic N) is 1. The number of aliphatic hydroxyl groups is 1. The third-order valence-electron chi connectivity index (χ3n) is 2.90. The zero-order chi connectivity index (χ0) is 18.1. The molecule has 0 amide bonds. The number of aryl methyl sites for hydroxylation is 1. The molecule has 1 aromatic carbocycles. The van der Waals surface area contributed by atoms with Gasteiger partial charge in [0.25, 0.3) is 0 Å². The molecule has 1 heterocycles. The first-order valence-electron chi connectivity index (χ1n) is 7.32. The van der Waals surface area contributed by atoms with Crippen LogP contribution in [0.15, 0.2) is 42.3 Å². The van der Waals surface area contributed by atoms with Crippen LogP contribution >= 0.6 is 0 Å². The predicted molar refractivity (Wildman–Crippen MR) is 93.4 cm³/mol. The number of rotatable bonds is 4. The molecular formula is C19H22NO4Rh-. The summed E-state index contributed by atoms with van der Waals surface area (Å²) < 4.78 is 10.5. The molecule has 0 aliphatic heterocycles. The van der Waals surface area contributed by atoms with Gasteiger partial charge < -0.3 is 19.6 Å². The average Bonchev–Trinajstić information content (AvgIpc) is 2.54. The Bertz CT molecular complexity index is 725. The number of carbonyl (C=O) groups excluding carboxylic acids is 1. The van der Waals surface area contributed by atoms with Crippen LogP contribution in [0, 0.1) is 13.0 Å². The van der Waals surface area contributed by atoms with E-state index >= 15 is 0 Å². The summed E-state index contributed by atoms with van der Waals surface area (Å²) in [6, 6.07) is 10.7. The van der Waals surface area contributed by atoms with E-state index in [1.807, 2.05) is 31.2 Å². The molecule has 0 fully saturated rings. The Balaban J connectivity index is 0.000000620. The number of ether oxygens (including phenoxy) is 2. The van der Waals surface area contributed by atoms with Crippen LogP contribution < -0.4 is 9.47 Å². The van der Waals surface area contributed by atoms with Gasteiger partial charge in [-0.3, -0.25) is 4.79 Å². The SMILES string of the molecule is CC(=O)/C=C(/C)O.COc1ccnc(-c2[c-]cc(C)cc2OC)c1.[Rh]. The number of hydrogen-bond acceptors (Lipinski definition) is 5. The van der Waals surface area contributed by atoms with Crippen molar-refractivity contribution in [3.63, 3.8) is 0 Å². The molecule has 1 aromatic heterocycles. The number of carbonyl (C=O) groups is 1. The van der Waals surface area contributed by atoms with E-state index in [9.17, 15) is 4.79 Å². The van der Waals surface area contributed by atoms with E-state index in [-0.39, 0.29) is 31.0 Å². The quantitative estimate of drug-likeness (QED) is 0.344. The first-order chi connectivity index (χ1) is 11.4. The molecule has 0 bridgehead atoms. The van der Waals surface area contributed by atoms with Crippen molar-refractivity contribution in [1.82, 2.24) is 4.98 Å². The number of benzene rings is 1. The molecule has 2 aromatic rings.